The van der Waals surface area contributed by atoms with Gasteiger partial charge in [-0.2, -0.15) is 0 Å². The normalized spacial score (nSPS) is 20.8. The minimum atomic E-state index is -0.0296. The van der Waals surface area contributed by atoms with E-state index in [1.807, 2.05) is 29.4 Å². The van der Waals surface area contributed by atoms with Gasteiger partial charge in [-0.25, -0.2) is 0 Å². The van der Waals surface area contributed by atoms with Gasteiger partial charge in [0.25, 0.3) is 0 Å². The van der Waals surface area contributed by atoms with Crippen molar-refractivity contribution < 1.29 is 4.79 Å². The Bertz CT molecular complexity index is 718. The number of fused-ring (bicyclic) bond motifs is 1. The lowest BCUT2D eigenvalue weighted by atomic mass is 10.00. The molecule has 1 amide bonds. The largest absolute Gasteiger partial charge is 0.310 e. The van der Waals surface area contributed by atoms with Gasteiger partial charge in [0.2, 0.25) is 5.91 Å². The van der Waals surface area contributed by atoms with Crippen molar-refractivity contribution in [2.45, 2.75) is 38.3 Å². The first kappa shape index (κ1) is 15.3. The van der Waals surface area contributed by atoms with E-state index in [1.54, 1.807) is 12.4 Å². The Morgan fingerprint density at radius 3 is 2.92 bits per heavy atom. The monoisotopic (exact) mass is 322 g/mol. The number of piperidine rings is 1. The Morgan fingerprint density at radius 2 is 2.04 bits per heavy atom. The summed E-state index contributed by atoms with van der Waals surface area (Å²) in [5, 5.41) is 0. The van der Waals surface area contributed by atoms with E-state index in [-0.39, 0.29) is 11.9 Å². The molecule has 0 spiro atoms. The standard InChI is InChI=1S/C19H22N4O/c24-19(23-11-7-16-13-21-9-6-17(16)23)18-5-1-2-10-22(18)14-15-4-3-8-20-12-15/h3-4,6,8-9,12-13,18H,1-2,5,7,10-11,14H2/t18-/m1/s1. The van der Waals surface area contributed by atoms with E-state index in [0.717, 1.165) is 51.0 Å². The lowest BCUT2D eigenvalue weighted by Crippen LogP contribution is -2.50. The molecule has 0 bridgehead atoms. The van der Waals surface area contributed by atoms with Crippen molar-refractivity contribution in [3.63, 3.8) is 0 Å². The van der Waals surface area contributed by atoms with Crippen LogP contribution in [0.3, 0.4) is 0 Å². The molecule has 0 aromatic carbocycles. The highest BCUT2D eigenvalue weighted by Gasteiger charge is 2.35. The zero-order valence-corrected chi connectivity index (χ0v) is 13.8. The summed E-state index contributed by atoms with van der Waals surface area (Å²) in [5.41, 5.74) is 3.39. The van der Waals surface area contributed by atoms with E-state index >= 15 is 0 Å². The second-order valence-corrected chi connectivity index (χ2v) is 6.59. The van der Waals surface area contributed by atoms with Crippen LogP contribution in [0.1, 0.15) is 30.4 Å². The third kappa shape index (κ3) is 2.91. The molecule has 4 rings (SSSR count). The third-order valence-corrected chi connectivity index (χ3v) is 5.05. The van der Waals surface area contributed by atoms with Crippen LogP contribution >= 0.6 is 0 Å². The number of aromatic nitrogens is 2. The van der Waals surface area contributed by atoms with Crippen LogP contribution in [-0.2, 0) is 17.8 Å². The third-order valence-electron chi connectivity index (χ3n) is 5.05. The zero-order valence-electron chi connectivity index (χ0n) is 13.8. The fourth-order valence-corrected chi connectivity index (χ4v) is 3.82. The van der Waals surface area contributed by atoms with Crippen molar-refractivity contribution in [3.8, 4) is 0 Å². The first-order valence-electron chi connectivity index (χ1n) is 8.70. The predicted octanol–water partition coefficient (Wildman–Crippen LogP) is 2.42. The molecule has 0 saturated carbocycles. The number of hydrogen-bond acceptors (Lipinski definition) is 4. The van der Waals surface area contributed by atoms with Crippen LogP contribution < -0.4 is 4.90 Å². The first-order valence-corrected chi connectivity index (χ1v) is 8.70. The molecule has 0 N–H and O–H groups in total. The molecular weight excluding hydrogens is 300 g/mol. The lowest BCUT2D eigenvalue weighted by Gasteiger charge is -2.36. The number of nitrogens with zero attached hydrogens (tertiary/aromatic N) is 4. The molecule has 1 atom stereocenters. The fraction of sp³-hybridized carbons (Fsp3) is 0.421. The van der Waals surface area contributed by atoms with Gasteiger partial charge in [0.1, 0.15) is 0 Å². The Hall–Kier alpha value is -2.27. The number of likely N-dealkylation sites (tertiary alicyclic amines) is 1. The fourth-order valence-electron chi connectivity index (χ4n) is 3.82. The van der Waals surface area contributed by atoms with Crippen molar-refractivity contribution in [1.29, 1.82) is 0 Å². The zero-order chi connectivity index (χ0) is 16.4. The molecule has 2 aromatic rings. The van der Waals surface area contributed by atoms with Crippen LogP contribution in [0, 0.1) is 0 Å². The molecule has 124 valence electrons. The quantitative estimate of drug-likeness (QED) is 0.871. The average Bonchev–Trinajstić information content (AvgIpc) is 3.07. The van der Waals surface area contributed by atoms with E-state index in [1.165, 1.54) is 11.1 Å². The SMILES string of the molecule is O=C([C@H]1CCCCN1Cc1cccnc1)N1CCc2cnccc21. The van der Waals surface area contributed by atoms with Gasteiger partial charge in [-0.05, 0) is 49.1 Å². The summed E-state index contributed by atoms with van der Waals surface area (Å²) in [4.78, 5) is 25.9. The summed E-state index contributed by atoms with van der Waals surface area (Å²) in [6.45, 7) is 2.54. The predicted molar refractivity (Wildman–Crippen MR) is 92.6 cm³/mol. The molecule has 5 nitrogen and oxygen atoms in total. The molecule has 2 aliphatic rings. The van der Waals surface area contributed by atoms with Gasteiger partial charge in [-0.1, -0.05) is 12.5 Å². The number of carbonyl (C=O) groups is 1. The summed E-state index contributed by atoms with van der Waals surface area (Å²) in [6, 6.07) is 5.98. The molecule has 5 heteroatoms. The van der Waals surface area contributed by atoms with Crippen LogP contribution in [0.2, 0.25) is 0 Å². The Labute approximate surface area is 142 Å². The van der Waals surface area contributed by atoms with Crippen molar-refractivity contribution in [3.05, 3.63) is 54.1 Å². The van der Waals surface area contributed by atoms with Crippen molar-refractivity contribution in [2.75, 3.05) is 18.0 Å². The van der Waals surface area contributed by atoms with Crippen LogP contribution in [0.5, 0.6) is 0 Å². The van der Waals surface area contributed by atoms with Gasteiger partial charge >= 0.3 is 0 Å². The van der Waals surface area contributed by atoms with E-state index in [4.69, 9.17) is 0 Å². The van der Waals surface area contributed by atoms with E-state index in [0.29, 0.717) is 0 Å². The molecular formula is C19H22N4O. The van der Waals surface area contributed by atoms with Gasteiger partial charge in [0.15, 0.2) is 0 Å². The molecule has 0 unspecified atom stereocenters. The second kappa shape index (κ2) is 6.69. The van der Waals surface area contributed by atoms with Crippen LogP contribution in [-0.4, -0.2) is 39.9 Å². The lowest BCUT2D eigenvalue weighted by molar-refractivity contribution is -0.125. The number of carbonyl (C=O) groups excluding carboxylic acids is 1. The van der Waals surface area contributed by atoms with E-state index < -0.39 is 0 Å². The van der Waals surface area contributed by atoms with E-state index in [9.17, 15) is 4.79 Å². The second-order valence-electron chi connectivity index (χ2n) is 6.59. The summed E-state index contributed by atoms with van der Waals surface area (Å²) in [6.07, 6.45) is 11.5. The van der Waals surface area contributed by atoms with Gasteiger partial charge in [0, 0.05) is 43.6 Å². The number of amides is 1. The topological polar surface area (TPSA) is 49.3 Å². The maximum absolute atomic E-state index is 13.2. The van der Waals surface area contributed by atoms with Gasteiger partial charge in [-0.15, -0.1) is 0 Å². The van der Waals surface area contributed by atoms with Gasteiger partial charge in [-0.3, -0.25) is 19.7 Å². The number of hydrogen-bond donors (Lipinski definition) is 0. The average molecular weight is 322 g/mol. The van der Waals surface area contributed by atoms with Crippen LogP contribution in [0.4, 0.5) is 5.69 Å². The molecule has 0 aliphatic carbocycles. The molecule has 0 radical (unpaired) electrons. The number of anilines is 1. The maximum Gasteiger partial charge on any atom is 0.244 e. The number of pyridine rings is 2. The van der Waals surface area contributed by atoms with Gasteiger partial charge < -0.3 is 4.90 Å². The smallest absolute Gasteiger partial charge is 0.244 e. The molecule has 1 fully saturated rings. The van der Waals surface area contributed by atoms with E-state index in [2.05, 4.69) is 20.9 Å². The Kier molecular flexibility index (Phi) is 4.26. The van der Waals surface area contributed by atoms with Crippen molar-refractivity contribution in [2.24, 2.45) is 0 Å². The highest BCUT2D eigenvalue weighted by molar-refractivity contribution is 5.98. The van der Waals surface area contributed by atoms with Crippen molar-refractivity contribution >= 4 is 11.6 Å². The molecule has 24 heavy (non-hydrogen) atoms. The molecule has 2 aromatic heterocycles. The summed E-state index contributed by atoms with van der Waals surface area (Å²) in [7, 11) is 0. The minimum absolute atomic E-state index is 0.0296. The van der Waals surface area contributed by atoms with Gasteiger partial charge in [0.05, 0.1) is 6.04 Å². The highest BCUT2D eigenvalue weighted by atomic mass is 16.2. The van der Waals surface area contributed by atoms with Crippen LogP contribution in [0.15, 0.2) is 43.0 Å². The Morgan fingerprint density at radius 1 is 1.12 bits per heavy atom. The summed E-state index contributed by atoms with van der Waals surface area (Å²) in [5.74, 6) is 0.239. The number of rotatable bonds is 3. The molecule has 2 aliphatic heterocycles. The maximum atomic E-state index is 13.2. The summed E-state index contributed by atoms with van der Waals surface area (Å²) >= 11 is 0. The highest BCUT2D eigenvalue weighted by Crippen LogP contribution is 2.30. The minimum Gasteiger partial charge on any atom is -0.310 e. The van der Waals surface area contributed by atoms with Crippen LogP contribution in [0.25, 0.3) is 0 Å². The molecule has 1 saturated heterocycles. The summed E-state index contributed by atoms with van der Waals surface area (Å²) < 4.78 is 0. The first-order chi connectivity index (χ1) is 11.8. The Balaban J connectivity index is 1.54. The van der Waals surface area contributed by atoms with Crippen molar-refractivity contribution in [1.82, 2.24) is 14.9 Å². The molecule has 4 heterocycles.